The number of hydrogen-bond donors (Lipinski definition) is 1. The maximum Gasteiger partial charge on any atom is 0.513 e. The van der Waals surface area contributed by atoms with E-state index in [-0.39, 0.29) is 21.9 Å². The molecule has 0 aromatic carbocycles. The normalized spacial score (nSPS) is 28.8. The second-order valence-electron chi connectivity index (χ2n) is 5.89. The highest BCUT2D eigenvalue weighted by Crippen LogP contribution is 2.33. The van der Waals surface area contributed by atoms with Gasteiger partial charge in [0.2, 0.25) is 0 Å². The van der Waals surface area contributed by atoms with E-state index in [0.29, 0.717) is 32.5 Å². The summed E-state index contributed by atoms with van der Waals surface area (Å²) in [5.41, 5.74) is -0.356. The quantitative estimate of drug-likeness (QED) is 0.609. The standard InChI is InChI=1S/C13H23NO4/c1-5-18-11(15)10-6-8-14(9-7-10,12(16)17)13(2,3)4/h10H,5-9H2,1-4H3/p+1. The molecule has 1 aliphatic rings. The van der Waals surface area contributed by atoms with Crippen LogP contribution in [0.1, 0.15) is 40.5 Å². The van der Waals surface area contributed by atoms with Gasteiger partial charge in [0, 0.05) is 12.8 Å². The highest BCUT2D eigenvalue weighted by atomic mass is 16.5. The van der Waals surface area contributed by atoms with Crippen LogP contribution in [0.15, 0.2) is 0 Å². The average Bonchev–Trinajstić information content (AvgIpc) is 2.27. The fraction of sp³-hybridized carbons (Fsp3) is 0.846. The van der Waals surface area contributed by atoms with E-state index >= 15 is 0 Å². The minimum Gasteiger partial charge on any atom is -0.466 e. The SMILES string of the molecule is CCOC(=O)C1CC[N+](C(=O)O)(C(C)(C)C)CC1. The molecule has 1 saturated heterocycles. The monoisotopic (exact) mass is 258 g/mol. The van der Waals surface area contributed by atoms with Crippen LogP contribution in [-0.2, 0) is 9.53 Å². The first-order valence-electron chi connectivity index (χ1n) is 6.52. The molecule has 0 aromatic heterocycles. The summed E-state index contributed by atoms with van der Waals surface area (Å²) in [6.45, 7) is 8.95. The number of carbonyl (C=O) groups excluding carboxylic acids is 1. The number of ether oxygens (including phenoxy) is 1. The number of hydrogen-bond acceptors (Lipinski definition) is 3. The summed E-state index contributed by atoms with van der Waals surface area (Å²) in [6.07, 6.45) is 0.370. The fourth-order valence-corrected chi connectivity index (χ4v) is 2.65. The molecule has 1 aliphatic heterocycles. The van der Waals surface area contributed by atoms with Crippen LogP contribution in [0.5, 0.6) is 0 Å². The largest absolute Gasteiger partial charge is 0.513 e. The van der Waals surface area contributed by atoms with Crippen molar-refractivity contribution in [3.05, 3.63) is 0 Å². The van der Waals surface area contributed by atoms with Crippen molar-refractivity contribution in [3.63, 3.8) is 0 Å². The Balaban J connectivity index is 2.76. The highest BCUT2D eigenvalue weighted by molar-refractivity contribution is 5.72. The van der Waals surface area contributed by atoms with Gasteiger partial charge in [-0.15, -0.1) is 0 Å². The molecule has 0 atom stereocenters. The lowest BCUT2D eigenvalue weighted by Gasteiger charge is -2.46. The Kier molecular flexibility index (Phi) is 4.37. The van der Waals surface area contributed by atoms with E-state index in [1.165, 1.54) is 0 Å². The number of carboxylic acid groups (broad SMARTS) is 1. The van der Waals surface area contributed by atoms with Gasteiger partial charge >= 0.3 is 12.1 Å². The summed E-state index contributed by atoms with van der Waals surface area (Å²) < 4.78 is 5.03. The van der Waals surface area contributed by atoms with Gasteiger partial charge < -0.3 is 9.84 Å². The lowest BCUT2D eigenvalue weighted by atomic mass is 9.90. The third-order valence-corrected chi connectivity index (χ3v) is 3.99. The van der Waals surface area contributed by atoms with Crippen LogP contribution in [0.3, 0.4) is 0 Å². The first-order chi connectivity index (χ1) is 8.24. The van der Waals surface area contributed by atoms with Gasteiger partial charge in [0.05, 0.1) is 25.6 Å². The van der Waals surface area contributed by atoms with Crippen molar-refractivity contribution in [2.45, 2.75) is 46.1 Å². The van der Waals surface area contributed by atoms with Crippen molar-refractivity contribution in [1.82, 2.24) is 0 Å². The zero-order valence-electron chi connectivity index (χ0n) is 11.7. The molecule has 1 fully saturated rings. The molecule has 0 saturated carbocycles. The molecule has 0 aromatic rings. The number of nitrogens with zero attached hydrogens (tertiary/aromatic N) is 1. The van der Waals surface area contributed by atoms with E-state index in [9.17, 15) is 14.7 Å². The first kappa shape index (κ1) is 15.0. The van der Waals surface area contributed by atoms with E-state index in [2.05, 4.69) is 0 Å². The van der Waals surface area contributed by atoms with Gasteiger partial charge in [0.1, 0.15) is 5.54 Å². The molecule has 0 spiro atoms. The van der Waals surface area contributed by atoms with Crippen molar-refractivity contribution in [3.8, 4) is 0 Å². The van der Waals surface area contributed by atoms with Gasteiger partial charge in [-0.1, -0.05) is 0 Å². The maximum absolute atomic E-state index is 11.7. The second-order valence-corrected chi connectivity index (χ2v) is 5.89. The lowest BCUT2D eigenvalue weighted by molar-refractivity contribution is -0.908. The Morgan fingerprint density at radius 1 is 1.28 bits per heavy atom. The van der Waals surface area contributed by atoms with Crippen LogP contribution in [0, 0.1) is 5.92 Å². The van der Waals surface area contributed by atoms with E-state index in [1.54, 1.807) is 6.92 Å². The summed E-state index contributed by atoms with van der Waals surface area (Å²) >= 11 is 0. The lowest BCUT2D eigenvalue weighted by Crippen LogP contribution is -2.66. The van der Waals surface area contributed by atoms with Crippen LogP contribution in [0.4, 0.5) is 4.79 Å². The summed E-state index contributed by atoms with van der Waals surface area (Å²) in [4.78, 5) is 23.2. The van der Waals surface area contributed by atoms with E-state index in [0.717, 1.165) is 0 Å². The van der Waals surface area contributed by atoms with Crippen molar-refractivity contribution >= 4 is 12.1 Å². The van der Waals surface area contributed by atoms with E-state index < -0.39 is 6.09 Å². The summed E-state index contributed by atoms with van der Waals surface area (Å²) in [7, 11) is 0. The number of esters is 1. The zero-order valence-corrected chi connectivity index (χ0v) is 11.7. The van der Waals surface area contributed by atoms with Gasteiger partial charge in [-0.25, -0.2) is 4.48 Å². The predicted octanol–water partition coefficient (Wildman–Crippen LogP) is 2.25. The third kappa shape index (κ3) is 2.66. The topological polar surface area (TPSA) is 63.6 Å². The molecule has 1 N–H and O–H groups in total. The van der Waals surface area contributed by atoms with Crippen LogP contribution in [-0.4, -0.2) is 46.9 Å². The Morgan fingerprint density at radius 2 is 1.78 bits per heavy atom. The van der Waals surface area contributed by atoms with E-state index in [1.807, 2.05) is 20.8 Å². The van der Waals surface area contributed by atoms with Gasteiger partial charge in [-0.05, 0) is 27.7 Å². The third-order valence-electron chi connectivity index (χ3n) is 3.99. The molecule has 1 amide bonds. The van der Waals surface area contributed by atoms with Crippen molar-refractivity contribution in [2.75, 3.05) is 19.7 Å². The number of rotatable bonds is 2. The van der Waals surface area contributed by atoms with Crippen molar-refractivity contribution < 1.29 is 23.9 Å². The number of amides is 1. The van der Waals surface area contributed by atoms with Crippen molar-refractivity contribution in [1.29, 1.82) is 0 Å². The molecule has 0 unspecified atom stereocenters. The molecule has 0 aliphatic carbocycles. The van der Waals surface area contributed by atoms with Crippen LogP contribution in [0.25, 0.3) is 0 Å². The Labute approximate surface area is 108 Å². The summed E-state index contributed by atoms with van der Waals surface area (Å²) in [5, 5.41) is 9.51. The Morgan fingerprint density at radius 3 is 2.11 bits per heavy atom. The molecule has 5 nitrogen and oxygen atoms in total. The highest BCUT2D eigenvalue weighted by Gasteiger charge is 2.50. The van der Waals surface area contributed by atoms with Crippen LogP contribution < -0.4 is 0 Å². The maximum atomic E-state index is 11.7. The van der Waals surface area contributed by atoms with Crippen LogP contribution in [0.2, 0.25) is 0 Å². The number of likely N-dealkylation sites (tertiary alicyclic amines) is 1. The summed E-state index contributed by atoms with van der Waals surface area (Å²) in [5.74, 6) is -0.326. The van der Waals surface area contributed by atoms with Gasteiger partial charge in [-0.3, -0.25) is 4.79 Å². The molecule has 18 heavy (non-hydrogen) atoms. The molecule has 104 valence electrons. The molecule has 0 bridgehead atoms. The van der Waals surface area contributed by atoms with Crippen molar-refractivity contribution in [2.24, 2.45) is 5.92 Å². The molecular formula is C13H24NO4+. The van der Waals surface area contributed by atoms with Gasteiger partial charge in [-0.2, -0.15) is 4.79 Å². The van der Waals surface area contributed by atoms with Crippen LogP contribution >= 0.6 is 0 Å². The predicted molar refractivity (Wildman–Crippen MR) is 67.1 cm³/mol. The zero-order chi connectivity index (χ0) is 14.0. The molecule has 1 heterocycles. The molecular weight excluding hydrogens is 234 g/mol. The average molecular weight is 258 g/mol. The molecule has 1 rings (SSSR count). The Bertz CT molecular complexity index is 324. The number of quaternary nitrogens is 1. The summed E-state index contributed by atoms with van der Waals surface area (Å²) in [6, 6.07) is 0. The number of carbonyl (C=O) groups is 2. The second kappa shape index (κ2) is 5.26. The Hall–Kier alpha value is -1.10. The molecule has 5 heteroatoms. The first-order valence-corrected chi connectivity index (χ1v) is 6.52. The number of piperidine rings is 1. The van der Waals surface area contributed by atoms with E-state index in [4.69, 9.17) is 4.74 Å². The van der Waals surface area contributed by atoms with Gasteiger partial charge in [0.25, 0.3) is 0 Å². The fourth-order valence-electron chi connectivity index (χ4n) is 2.65. The minimum atomic E-state index is -0.801. The smallest absolute Gasteiger partial charge is 0.466 e. The minimum absolute atomic E-state index is 0.0307. The van der Waals surface area contributed by atoms with Gasteiger partial charge in [0.15, 0.2) is 0 Å². The molecule has 0 radical (unpaired) electrons.